The second-order valence-electron chi connectivity index (χ2n) is 5.97. The maximum absolute atomic E-state index is 12.9. The van der Waals surface area contributed by atoms with E-state index in [0.29, 0.717) is 21.5 Å². The lowest BCUT2D eigenvalue weighted by molar-refractivity contribution is -0.125. The quantitative estimate of drug-likeness (QED) is 0.485. The number of aryl methyl sites for hydroxylation is 1. The Bertz CT molecular complexity index is 879. The standard InChI is InChI=1S/C21H17Cl2NO2.ClH/c1-14-2-10-19(11-3-14)26-21(15-4-6-16(22)7-5-15)20(25)12-18-9-8-17(23)13-24-18;/h2-11,13,21H,12H2,1H3;1H. The third kappa shape index (κ3) is 5.96. The molecule has 3 rings (SSSR count). The maximum Gasteiger partial charge on any atom is 0.183 e. The molecule has 6 heteroatoms. The minimum atomic E-state index is -0.743. The van der Waals surface area contributed by atoms with Crippen LogP contribution < -0.4 is 4.74 Å². The molecule has 3 aromatic rings. The van der Waals surface area contributed by atoms with Crippen LogP contribution in [0.5, 0.6) is 5.75 Å². The lowest BCUT2D eigenvalue weighted by Crippen LogP contribution is -2.21. The number of carbonyl (C=O) groups excluding carboxylic acids is 1. The van der Waals surface area contributed by atoms with Gasteiger partial charge in [-0.05, 0) is 48.9 Å². The first-order chi connectivity index (χ1) is 12.5. The first kappa shape index (κ1) is 21.2. The van der Waals surface area contributed by atoms with Gasteiger partial charge in [0.25, 0.3) is 0 Å². The summed E-state index contributed by atoms with van der Waals surface area (Å²) in [5.41, 5.74) is 2.51. The van der Waals surface area contributed by atoms with E-state index in [1.54, 1.807) is 36.4 Å². The molecule has 3 nitrogen and oxygen atoms in total. The van der Waals surface area contributed by atoms with Gasteiger partial charge in [0, 0.05) is 16.9 Å². The molecule has 0 N–H and O–H groups in total. The predicted molar refractivity (Wildman–Crippen MR) is 111 cm³/mol. The molecular weight excluding hydrogens is 405 g/mol. The minimum absolute atomic E-state index is 0. The van der Waals surface area contributed by atoms with Crippen molar-refractivity contribution in [2.75, 3.05) is 0 Å². The smallest absolute Gasteiger partial charge is 0.183 e. The van der Waals surface area contributed by atoms with E-state index < -0.39 is 6.10 Å². The number of rotatable bonds is 6. The van der Waals surface area contributed by atoms with E-state index >= 15 is 0 Å². The highest BCUT2D eigenvalue weighted by Crippen LogP contribution is 2.26. The Kier molecular flexibility index (Phi) is 7.66. The summed E-state index contributed by atoms with van der Waals surface area (Å²) in [4.78, 5) is 17.1. The van der Waals surface area contributed by atoms with Crippen LogP contribution in [0.3, 0.4) is 0 Å². The Balaban J connectivity index is 0.00000261. The highest BCUT2D eigenvalue weighted by atomic mass is 35.5. The molecule has 0 aliphatic carbocycles. The third-order valence-corrected chi connectivity index (χ3v) is 4.36. The van der Waals surface area contributed by atoms with Gasteiger partial charge in [-0.3, -0.25) is 9.78 Å². The SMILES string of the molecule is Cc1ccc(OC(C(=O)Cc2ccc(Cl)cn2)c2ccc(Cl)cc2)cc1.Cl. The van der Waals surface area contributed by atoms with Gasteiger partial charge in [-0.15, -0.1) is 12.4 Å². The molecule has 27 heavy (non-hydrogen) atoms. The first-order valence-corrected chi connectivity index (χ1v) is 8.89. The van der Waals surface area contributed by atoms with Crippen LogP contribution in [0.25, 0.3) is 0 Å². The largest absolute Gasteiger partial charge is 0.478 e. The van der Waals surface area contributed by atoms with Gasteiger partial charge in [0.15, 0.2) is 11.9 Å². The monoisotopic (exact) mass is 421 g/mol. The first-order valence-electron chi connectivity index (χ1n) is 8.13. The molecule has 0 bridgehead atoms. The molecule has 140 valence electrons. The lowest BCUT2D eigenvalue weighted by atomic mass is 10.0. The van der Waals surface area contributed by atoms with Gasteiger partial charge in [-0.25, -0.2) is 0 Å². The molecule has 0 spiro atoms. The minimum Gasteiger partial charge on any atom is -0.478 e. The zero-order valence-corrected chi connectivity index (χ0v) is 16.9. The molecule has 1 atom stereocenters. The van der Waals surface area contributed by atoms with Crippen molar-refractivity contribution < 1.29 is 9.53 Å². The molecule has 0 aliphatic rings. The van der Waals surface area contributed by atoms with Crippen molar-refractivity contribution in [2.45, 2.75) is 19.4 Å². The van der Waals surface area contributed by atoms with Gasteiger partial charge in [-0.2, -0.15) is 0 Å². The van der Waals surface area contributed by atoms with E-state index in [4.69, 9.17) is 27.9 Å². The van der Waals surface area contributed by atoms with Crippen molar-refractivity contribution in [1.82, 2.24) is 4.98 Å². The molecule has 0 saturated heterocycles. The van der Waals surface area contributed by atoms with Gasteiger partial charge in [0.05, 0.1) is 11.4 Å². The van der Waals surface area contributed by atoms with E-state index in [1.165, 1.54) is 6.20 Å². The van der Waals surface area contributed by atoms with Crippen LogP contribution in [0, 0.1) is 6.92 Å². The van der Waals surface area contributed by atoms with E-state index in [-0.39, 0.29) is 24.6 Å². The van der Waals surface area contributed by atoms with Gasteiger partial charge >= 0.3 is 0 Å². The van der Waals surface area contributed by atoms with Crippen LogP contribution >= 0.6 is 35.6 Å². The Morgan fingerprint density at radius 2 is 1.59 bits per heavy atom. The second kappa shape index (κ2) is 9.75. The van der Waals surface area contributed by atoms with E-state index in [2.05, 4.69) is 4.98 Å². The van der Waals surface area contributed by atoms with Crippen LogP contribution in [0.2, 0.25) is 10.0 Å². The fourth-order valence-corrected chi connectivity index (χ4v) is 2.73. The molecule has 0 fully saturated rings. The summed E-state index contributed by atoms with van der Waals surface area (Å²) in [6.45, 7) is 2.00. The van der Waals surface area contributed by atoms with Crippen LogP contribution in [-0.4, -0.2) is 10.8 Å². The molecule has 0 amide bonds. The van der Waals surface area contributed by atoms with Gasteiger partial charge in [0.1, 0.15) is 5.75 Å². The number of aromatic nitrogens is 1. The summed E-state index contributed by atoms with van der Waals surface area (Å²) in [5, 5.41) is 1.14. The Morgan fingerprint density at radius 3 is 2.19 bits per heavy atom. The van der Waals surface area contributed by atoms with Gasteiger partial charge in [0.2, 0.25) is 0 Å². The topological polar surface area (TPSA) is 39.2 Å². The van der Waals surface area contributed by atoms with Crippen molar-refractivity contribution in [2.24, 2.45) is 0 Å². The number of benzene rings is 2. The van der Waals surface area contributed by atoms with E-state index in [9.17, 15) is 4.79 Å². The Labute approximate surface area is 174 Å². The van der Waals surface area contributed by atoms with Crippen LogP contribution in [0.15, 0.2) is 66.9 Å². The molecule has 1 unspecified atom stereocenters. The number of pyridine rings is 1. The molecule has 1 aromatic heterocycles. The number of hydrogen-bond donors (Lipinski definition) is 0. The average molecular weight is 423 g/mol. The summed E-state index contributed by atoms with van der Waals surface area (Å²) in [5.74, 6) is 0.538. The average Bonchev–Trinajstić information content (AvgIpc) is 2.64. The summed E-state index contributed by atoms with van der Waals surface area (Å²) in [7, 11) is 0. The molecule has 2 aromatic carbocycles. The summed E-state index contributed by atoms with van der Waals surface area (Å²) >= 11 is 11.8. The van der Waals surface area contributed by atoms with Crippen LogP contribution in [0.1, 0.15) is 22.9 Å². The number of nitrogens with zero attached hydrogens (tertiary/aromatic N) is 1. The highest BCUT2D eigenvalue weighted by Gasteiger charge is 2.23. The molecule has 0 saturated carbocycles. The van der Waals surface area contributed by atoms with E-state index in [1.807, 2.05) is 31.2 Å². The number of halogens is 3. The normalized spacial score (nSPS) is 11.4. The van der Waals surface area contributed by atoms with Gasteiger partial charge in [-0.1, -0.05) is 53.0 Å². The van der Waals surface area contributed by atoms with Crippen molar-refractivity contribution in [3.05, 3.63) is 93.7 Å². The fraction of sp³-hybridized carbons (Fsp3) is 0.143. The fourth-order valence-electron chi connectivity index (χ4n) is 2.49. The van der Waals surface area contributed by atoms with Crippen molar-refractivity contribution >= 4 is 41.4 Å². The Hall–Kier alpha value is -2.07. The second-order valence-corrected chi connectivity index (χ2v) is 6.85. The number of carbonyl (C=O) groups is 1. The molecular formula is C21H18Cl3NO2. The number of hydrogen-bond acceptors (Lipinski definition) is 3. The van der Waals surface area contributed by atoms with Crippen LogP contribution in [-0.2, 0) is 11.2 Å². The number of Topliss-reactive ketones (excluding diaryl/α,β-unsaturated/α-hetero) is 1. The molecule has 0 aliphatic heterocycles. The van der Waals surface area contributed by atoms with Crippen molar-refractivity contribution in [1.29, 1.82) is 0 Å². The van der Waals surface area contributed by atoms with Crippen molar-refractivity contribution in [3.63, 3.8) is 0 Å². The lowest BCUT2D eigenvalue weighted by Gasteiger charge is -2.19. The van der Waals surface area contributed by atoms with Crippen molar-refractivity contribution in [3.8, 4) is 5.75 Å². The van der Waals surface area contributed by atoms with Gasteiger partial charge < -0.3 is 4.74 Å². The zero-order chi connectivity index (χ0) is 18.5. The maximum atomic E-state index is 12.9. The third-order valence-electron chi connectivity index (χ3n) is 3.88. The number of ketones is 1. The summed E-state index contributed by atoms with van der Waals surface area (Å²) in [6, 6.07) is 18.1. The predicted octanol–water partition coefficient (Wildman–Crippen LogP) is 6.05. The summed E-state index contributed by atoms with van der Waals surface area (Å²) in [6.07, 6.45) is 0.936. The molecule has 0 radical (unpaired) electrons. The molecule has 1 heterocycles. The summed E-state index contributed by atoms with van der Waals surface area (Å²) < 4.78 is 6.01. The highest BCUT2D eigenvalue weighted by molar-refractivity contribution is 6.30. The zero-order valence-electron chi connectivity index (χ0n) is 14.6. The van der Waals surface area contributed by atoms with Crippen LogP contribution in [0.4, 0.5) is 0 Å². The van der Waals surface area contributed by atoms with E-state index in [0.717, 1.165) is 11.1 Å². The Morgan fingerprint density at radius 1 is 0.963 bits per heavy atom. The number of ether oxygens (including phenoxy) is 1.